The Kier molecular flexibility index (Phi) is 4.19. The number of hydrogen-bond acceptors (Lipinski definition) is 4. The highest BCUT2D eigenvalue weighted by atomic mass is 32.2. The molecule has 1 aromatic heterocycles. The van der Waals surface area contributed by atoms with Gasteiger partial charge in [-0.2, -0.15) is 0 Å². The van der Waals surface area contributed by atoms with Crippen molar-refractivity contribution in [1.29, 1.82) is 0 Å². The van der Waals surface area contributed by atoms with Gasteiger partial charge in [0.2, 0.25) is 10.0 Å². The maximum absolute atomic E-state index is 11.3. The number of aryl methyl sites for hydroxylation is 1. The second-order valence-electron chi connectivity index (χ2n) is 3.20. The van der Waals surface area contributed by atoms with Gasteiger partial charge in [0.05, 0.1) is 18.0 Å². The van der Waals surface area contributed by atoms with Gasteiger partial charge in [-0.25, -0.2) is 13.1 Å². The van der Waals surface area contributed by atoms with E-state index in [1.54, 1.807) is 6.07 Å². The first-order valence-electron chi connectivity index (χ1n) is 4.63. The predicted molar refractivity (Wildman–Crippen MR) is 58.7 cm³/mol. The van der Waals surface area contributed by atoms with Crippen molar-refractivity contribution >= 4 is 10.0 Å². The summed E-state index contributed by atoms with van der Waals surface area (Å²) in [5.41, 5.74) is 6.74. The van der Waals surface area contributed by atoms with Crippen molar-refractivity contribution in [3.8, 4) is 0 Å². The fourth-order valence-electron chi connectivity index (χ4n) is 1.11. The molecule has 0 aliphatic rings. The molecule has 0 aromatic carbocycles. The average Bonchev–Trinajstić information content (AvgIpc) is 2.15. The van der Waals surface area contributed by atoms with Crippen LogP contribution in [0.1, 0.15) is 11.4 Å². The van der Waals surface area contributed by atoms with Crippen molar-refractivity contribution in [2.45, 2.75) is 13.5 Å². The lowest BCUT2D eigenvalue weighted by Crippen LogP contribution is -2.29. The molecule has 0 fully saturated rings. The third kappa shape index (κ3) is 4.37. The maximum Gasteiger partial charge on any atom is 0.213 e. The van der Waals surface area contributed by atoms with Gasteiger partial charge in [0.25, 0.3) is 0 Å². The Bertz CT molecular complexity index is 417. The molecular formula is C9H15N3O2S. The normalized spacial score (nSPS) is 11.6. The summed E-state index contributed by atoms with van der Waals surface area (Å²) in [6.45, 7) is 2.19. The summed E-state index contributed by atoms with van der Waals surface area (Å²) in [5, 5.41) is 0. The molecule has 0 aliphatic carbocycles. The van der Waals surface area contributed by atoms with Gasteiger partial charge < -0.3 is 5.73 Å². The Hall–Kier alpha value is -0.980. The summed E-state index contributed by atoms with van der Waals surface area (Å²) in [6.07, 6.45) is 0. The van der Waals surface area contributed by atoms with Crippen molar-refractivity contribution in [3.05, 3.63) is 29.6 Å². The highest BCUT2D eigenvalue weighted by molar-refractivity contribution is 7.89. The van der Waals surface area contributed by atoms with Gasteiger partial charge >= 0.3 is 0 Å². The summed E-state index contributed by atoms with van der Waals surface area (Å²) >= 11 is 0. The molecule has 0 amide bonds. The first-order chi connectivity index (χ1) is 7.03. The summed E-state index contributed by atoms with van der Waals surface area (Å²) < 4.78 is 25.0. The van der Waals surface area contributed by atoms with E-state index in [0.29, 0.717) is 5.69 Å². The molecule has 0 unspecified atom stereocenters. The molecule has 0 aliphatic heterocycles. The molecule has 3 N–H and O–H groups in total. The Morgan fingerprint density at radius 2 is 2.20 bits per heavy atom. The minimum Gasteiger partial charge on any atom is -0.329 e. The molecule has 1 heterocycles. The molecule has 1 aromatic rings. The Morgan fingerprint density at radius 1 is 1.47 bits per heavy atom. The lowest BCUT2D eigenvalue weighted by molar-refractivity contribution is 0.580. The molecule has 15 heavy (non-hydrogen) atoms. The van der Waals surface area contributed by atoms with Crippen LogP contribution in [-0.2, 0) is 16.6 Å². The largest absolute Gasteiger partial charge is 0.329 e. The smallest absolute Gasteiger partial charge is 0.213 e. The van der Waals surface area contributed by atoms with E-state index in [9.17, 15) is 8.42 Å². The topological polar surface area (TPSA) is 85.1 Å². The molecule has 1 rings (SSSR count). The molecule has 6 heteroatoms. The van der Waals surface area contributed by atoms with E-state index in [1.807, 2.05) is 19.1 Å². The summed E-state index contributed by atoms with van der Waals surface area (Å²) in [7, 11) is -3.26. The number of rotatable bonds is 5. The molecule has 0 atom stereocenters. The van der Waals surface area contributed by atoms with E-state index >= 15 is 0 Å². The van der Waals surface area contributed by atoms with Crippen LogP contribution in [0.15, 0.2) is 18.2 Å². The second-order valence-corrected chi connectivity index (χ2v) is 5.13. The minimum absolute atomic E-state index is 0.0567. The molecule has 0 saturated heterocycles. The molecule has 0 bridgehead atoms. The van der Waals surface area contributed by atoms with Crippen molar-refractivity contribution in [2.24, 2.45) is 5.73 Å². The van der Waals surface area contributed by atoms with Gasteiger partial charge in [0.15, 0.2) is 0 Å². The molecular weight excluding hydrogens is 214 g/mol. The molecule has 0 saturated carbocycles. The van der Waals surface area contributed by atoms with Crippen molar-refractivity contribution in [3.63, 3.8) is 0 Å². The number of sulfonamides is 1. The number of pyridine rings is 1. The quantitative estimate of drug-likeness (QED) is 0.730. The van der Waals surface area contributed by atoms with Gasteiger partial charge in [0.1, 0.15) is 0 Å². The van der Waals surface area contributed by atoms with E-state index in [4.69, 9.17) is 5.73 Å². The highest BCUT2D eigenvalue weighted by Gasteiger charge is 2.08. The minimum atomic E-state index is -3.26. The zero-order chi connectivity index (χ0) is 11.3. The number of nitrogens with two attached hydrogens (primary N) is 1. The van der Waals surface area contributed by atoms with Crippen LogP contribution < -0.4 is 10.5 Å². The van der Waals surface area contributed by atoms with Gasteiger partial charge in [-0.05, 0) is 19.1 Å². The average molecular weight is 229 g/mol. The van der Waals surface area contributed by atoms with E-state index < -0.39 is 10.0 Å². The second kappa shape index (κ2) is 5.20. The van der Waals surface area contributed by atoms with Crippen LogP contribution in [0.4, 0.5) is 0 Å². The Labute approximate surface area is 89.8 Å². The molecule has 5 nitrogen and oxygen atoms in total. The van der Waals surface area contributed by atoms with Crippen LogP contribution >= 0.6 is 0 Å². The predicted octanol–water partition coefficient (Wildman–Crippen LogP) is -0.232. The zero-order valence-corrected chi connectivity index (χ0v) is 9.42. The van der Waals surface area contributed by atoms with Crippen LogP contribution in [0.25, 0.3) is 0 Å². The van der Waals surface area contributed by atoms with E-state index in [0.717, 1.165) is 5.69 Å². The monoisotopic (exact) mass is 229 g/mol. The van der Waals surface area contributed by atoms with Crippen molar-refractivity contribution in [2.75, 3.05) is 12.3 Å². The third-order valence-electron chi connectivity index (χ3n) is 1.81. The van der Waals surface area contributed by atoms with E-state index in [1.165, 1.54) is 0 Å². The fraction of sp³-hybridized carbons (Fsp3) is 0.444. The van der Waals surface area contributed by atoms with E-state index in [2.05, 4.69) is 9.71 Å². The van der Waals surface area contributed by atoms with Crippen LogP contribution in [0.5, 0.6) is 0 Å². The van der Waals surface area contributed by atoms with E-state index in [-0.39, 0.29) is 18.8 Å². The maximum atomic E-state index is 11.3. The van der Waals surface area contributed by atoms with Crippen molar-refractivity contribution < 1.29 is 8.42 Å². The van der Waals surface area contributed by atoms with Gasteiger partial charge in [-0.3, -0.25) is 4.98 Å². The number of nitrogens with zero attached hydrogens (tertiary/aromatic N) is 1. The zero-order valence-electron chi connectivity index (χ0n) is 8.60. The molecule has 0 radical (unpaired) electrons. The lowest BCUT2D eigenvalue weighted by Gasteiger charge is -2.05. The van der Waals surface area contributed by atoms with Crippen LogP contribution in [-0.4, -0.2) is 25.7 Å². The number of aromatic nitrogens is 1. The Balaban J connectivity index is 2.58. The third-order valence-corrected chi connectivity index (χ3v) is 3.16. The SMILES string of the molecule is Cc1cccc(CNS(=O)(=O)CCN)n1. The Morgan fingerprint density at radius 3 is 2.80 bits per heavy atom. The lowest BCUT2D eigenvalue weighted by atomic mass is 10.3. The number of nitrogens with one attached hydrogen (secondary N) is 1. The van der Waals surface area contributed by atoms with Crippen molar-refractivity contribution in [1.82, 2.24) is 9.71 Å². The fourth-order valence-corrected chi connectivity index (χ4v) is 1.93. The van der Waals surface area contributed by atoms with Crippen LogP contribution in [0.3, 0.4) is 0 Å². The van der Waals surface area contributed by atoms with Gasteiger partial charge in [-0.15, -0.1) is 0 Å². The standard InChI is InChI=1S/C9H15N3O2S/c1-8-3-2-4-9(12-8)7-11-15(13,14)6-5-10/h2-4,11H,5-7,10H2,1H3. The highest BCUT2D eigenvalue weighted by Crippen LogP contribution is 1.98. The number of hydrogen-bond donors (Lipinski definition) is 2. The van der Waals surface area contributed by atoms with Gasteiger partial charge in [-0.1, -0.05) is 6.07 Å². The molecule has 0 spiro atoms. The first kappa shape index (κ1) is 12.1. The summed E-state index contributed by atoms with van der Waals surface area (Å²) in [6, 6.07) is 5.48. The summed E-state index contributed by atoms with van der Waals surface area (Å²) in [5.74, 6) is -0.0567. The van der Waals surface area contributed by atoms with Crippen LogP contribution in [0.2, 0.25) is 0 Å². The summed E-state index contributed by atoms with van der Waals surface area (Å²) in [4.78, 5) is 4.18. The van der Waals surface area contributed by atoms with Gasteiger partial charge in [0, 0.05) is 12.2 Å². The van der Waals surface area contributed by atoms with Crippen LogP contribution in [0, 0.1) is 6.92 Å². The first-order valence-corrected chi connectivity index (χ1v) is 6.28. The molecule has 84 valence electrons.